The number of terminal acetylenes is 1. The molecule has 3 aromatic rings. The third-order valence-electron chi connectivity index (χ3n) is 4.17. The van der Waals surface area contributed by atoms with Crippen LogP contribution in [0.5, 0.6) is 0 Å². The van der Waals surface area contributed by atoms with Crippen molar-refractivity contribution in [2.75, 3.05) is 0 Å². The van der Waals surface area contributed by atoms with Crippen LogP contribution in [0.25, 0.3) is 10.9 Å². The summed E-state index contributed by atoms with van der Waals surface area (Å²) in [6.07, 6.45) is 7.16. The topological polar surface area (TPSA) is 46.4 Å². The molecule has 4 heteroatoms. The van der Waals surface area contributed by atoms with Crippen molar-refractivity contribution < 1.29 is 4.79 Å². The molecule has 0 fully saturated rings. The fourth-order valence-corrected chi connectivity index (χ4v) is 2.92. The van der Waals surface area contributed by atoms with Gasteiger partial charge in [0.2, 0.25) is 0 Å². The van der Waals surface area contributed by atoms with E-state index < -0.39 is 0 Å². The smallest absolute Gasteiger partial charge is 0.271 e. The fraction of sp³-hybridized carbons (Fsp3) is 0.143. The number of hydrogen-bond acceptors (Lipinski definition) is 2. The van der Waals surface area contributed by atoms with Crippen molar-refractivity contribution in [1.82, 2.24) is 9.99 Å². The SMILES string of the molecule is C#CCn1c(C)c(/C=N\NC(=O)c2cccc(C)c2)c2ccccc21. The Bertz CT molecular complexity index is 1010. The van der Waals surface area contributed by atoms with Gasteiger partial charge in [0, 0.05) is 27.7 Å². The van der Waals surface area contributed by atoms with Gasteiger partial charge >= 0.3 is 0 Å². The zero-order chi connectivity index (χ0) is 17.8. The third kappa shape index (κ3) is 3.31. The molecule has 0 radical (unpaired) electrons. The third-order valence-corrected chi connectivity index (χ3v) is 4.17. The maximum atomic E-state index is 12.2. The van der Waals surface area contributed by atoms with Crippen molar-refractivity contribution >= 4 is 23.0 Å². The molecule has 1 amide bonds. The molecule has 0 atom stereocenters. The van der Waals surface area contributed by atoms with Gasteiger partial charge < -0.3 is 4.57 Å². The van der Waals surface area contributed by atoms with E-state index in [2.05, 4.69) is 21.0 Å². The van der Waals surface area contributed by atoms with E-state index in [-0.39, 0.29) is 5.91 Å². The van der Waals surface area contributed by atoms with E-state index in [0.29, 0.717) is 12.1 Å². The normalized spacial score (nSPS) is 10.9. The number of rotatable bonds is 4. The van der Waals surface area contributed by atoms with Crippen LogP contribution in [0.4, 0.5) is 0 Å². The van der Waals surface area contributed by atoms with Crippen LogP contribution >= 0.6 is 0 Å². The van der Waals surface area contributed by atoms with Gasteiger partial charge in [-0.05, 0) is 32.0 Å². The van der Waals surface area contributed by atoms with E-state index in [1.165, 1.54) is 0 Å². The zero-order valence-electron chi connectivity index (χ0n) is 14.3. The van der Waals surface area contributed by atoms with Crippen LogP contribution < -0.4 is 5.43 Å². The first-order chi connectivity index (χ1) is 12.1. The standard InChI is InChI=1S/C21H19N3O/c1-4-12-24-16(3)19(18-10-5-6-11-20(18)24)14-22-23-21(25)17-9-7-8-15(2)13-17/h1,5-11,13-14H,12H2,2-3H3,(H,23,25)/b22-14-. The van der Waals surface area contributed by atoms with E-state index in [1.807, 2.05) is 56.3 Å². The maximum absolute atomic E-state index is 12.2. The number of aromatic nitrogens is 1. The van der Waals surface area contributed by atoms with Gasteiger partial charge in [0.25, 0.3) is 5.91 Å². The molecule has 0 saturated carbocycles. The first kappa shape index (κ1) is 16.5. The summed E-state index contributed by atoms with van der Waals surface area (Å²) in [5.41, 5.74) is 7.24. The van der Waals surface area contributed by atoms with E-state index in [1.54, 1.807) is 12.3 Å². The Balaban J connectivity index is 1.88. The van der Waals surface area contributed by atoms with Gasteiger partial charge in [-0.15, -0.1) is 6.42 Å². The Kier molecular flexibility index (Phi) is 4.67. The van der Waals surface area contributed by atoms with Crippen molar-refractivity contribution in [3.05, 3.63) is 70.9 Å². The van der Waals surface area contributed by atoms with E-state index in [9.17, 15) is 4.79 Å². The summed E-state index contributed by atoms with van der Waals surface area (Å²) in [5.74, 6) is 2.45. The molecule has 0 aliphatic rings. The van der Waals surface area contributed by atoms with Gasteiger partial charge in [0.05, 0.1) is 12.8 Å². The quantitative estimate of drug-likeness (QED) is 0.443. The van der Waals surface area contributed by atoms with Crippen LogP contribution in [0.3, 0.4) is 0 Å². The zero-order valence-corrected chi connectivity index (χ0v) is 14.3. The van der Waals surface area contributed by atoms with Crippen molar-refractivity contribution in [3.8, 4) is 12.3 Å². The number of carbonyl (C=O) groups is 1. The lowest BCUT2D eigenvalue weighted by Gasteiger charge is -2.03. The molecule has 25 heavy (non-hydrogen) atoms. The minimum atomic E-state index is -0.232. The lowest BCUT2D eigenvalue weighted by molar-refractivity contribution is 0.0955. The Morgan fingerprint density at radius 2 is 2.04 bits per heavy atom. The predicted octanol–water partition coefficient (Wildman–Crippen LogP) is 3.66. The van der Waals surface area contributed by atoms with E-state index in [4.69, 9.17) is 6.42 Å². The molecule has 0 bridgehead atoms. The molecule has 3 rings (SSSR count). The minimum Gasteiger partial charge on any atom is -0.333 e. The van der Waals surface area contributed by atoms with Crippen molar-refractivity contribution in [3.63, 3.8) is 0 Å². The highest BCUT2D eigenvalue weighted by molar-refractivity contribution is 6.02. The number of aryl methyl sites for hydroxylation is 1. The van der Waals surface area contributed by atoms with Crippen molar-refractivity contribution in [1.29, 1.82) is 0 Å². The molecule has 1 N–H and O–H groups in total. The largest absolute Gasteiger partial charge is 0.333 e. The number of nitrogens with one attached hydrogen (secondary N) is 1. The maximum Gasteiger partial charge on any atom is 0.271 e. The number of hydrazone groups is 1. The molecule has 4 nitrogen and oxygen atoms in total. The summed E-state index contributed by atoms with van der Waals surface area (Å²) < 4.78 is 2.07. The fourth-order valence-electron chi connectivity index (χ4n) is 2.92. The number of hydrogen-bond donors (Lipinski definition) is 1. The second-order valence-corrected chi connectivity index (χ2v) is 5.88. The molecular formula is C21H19N3O. The van der Waals surface area contributed by atoms with Gasteiger partial charge in [-0.3, -0.25) is 4.79 Å². The van der Waals surface area contributed by atoms with Gasteiger partial charge in [-0.25, -0.2) is 5.43 Å². The Labute approximate surface area is 147 Å². The molecule has 0 spiro atoms. The highest BCUT2D eigenvalue weighted by atomic mass is 16.2. The lowest BCUT2D eigenvalue weighted by atomic mass is 10.1. The summed E-state index contributed by atoms with van der Waals surface area (Å²) >= 11 is 0. The van der Waals surface area contributed by atoms with Crippen LogP contribution in [0, 0.1) is 26.2 Å². The second kappa shape index (κ2) is 7.06. The van der Waals surface area contributed by atoms with Gasteiger partial charge in [0.15, 0.2) is 0 Å². The number of benzene rings is 2. The monoisotopic (exact) mass is 329 g/mol. The van der Waals surface area contributed by atoms with Gasteiger partial charge in [0.1, 0.15) is 0 Å². The first-order valence-corrected chi connectivity index (χ1v) is 8.03. The minimum absolute atomic E-state index is 0.232. The molecule has 1 aromatic heterocycles. The van der Waals surface area contributed by atoms with Crippen molar-refractivity contribution in [2.45, 2.75) is 20.4 Å². The summed E-state index contributed by atoms with van der Waals surface area (Å²) in [6, 6.07) is 15.4. The van der Waals surface area contributed by atoms with Crippen LogP contribution in [0.2, 0.25) is 0 Å². The van der Waals surface area contributed by atoms with E-state index in [0.717, 1.165) is 27.7 Å². The van der Waals surface area contributed by atoms with Crippen molar-refractivity contribution in [2.24, 2.45) is 5.10 Å². The Hall–Kier alpha value is -3.32. The summed E-state index contributed by atoms with van der Waals surface area (Å²) in [6.45, 7) is 4.45. The van der Waals surface area contributed by atoms with Crippen LogP contribution in [-0.4, -0.2) is 16.7 Å². The molecule has 0 aliphatic carbocycles. The average Bonchev–Trinajstić information content (AvgIpc) is 2.88. The number of amides is 1. The summed E-state index contributed by atoms with van der Waals surface area (Å²) in [5, 5.41) is 5.20. The number of carbonyl (C=O) groups excluding carboxylic acids is 1. The highest BCUT2D eigenvalue weighted by Crippen LogP contribution is 2.24. The lowest BCUT2D eigenvalue weighted by Crippen LogP contribution is -2.17. The first-order valence-electron chi connectivity index (χ1n) is 8.03. The molecule has 1 heterocycles. The Morgan fingerprint density at radius 1 is 1.24 bits per heavy atom. The number of para-hydroxylation sites is 1. The number of fused-ring (bicyclic) bond motifs is 1. The molecule has 0 saturated heterocycles. The number of nitrogens with zero attached hydrogens (tertiary/aromatic N) is 2. The second-order valence-electron chi connectivity index (χ2n) is 5.88. The van der Waals surface area contributed by atoms with Gasteiger partial charge in [-0.2, -0.15) is 5.10 Å². The predicted molar refractivity (Wildman–Crippen MR) is 102 cm³/mol. The van der Waals surface area contributed by atoms with Crippen LogP contribution in [-0.2, 0) is 6.54 Å². The average molecular weight is 329 g/mol. The molecule has 0 aliphatic heterocycles. The molecule has 2 aromatic carbocycles. The van der Waals surface area contributed by atoms with Gasteiger partial charge in [-0.1, -0.05) is 41.8 Å². The van der Waals surface area contributed by atoms with Crippen LogP contribution in [0.1, 0.15) is 27.2 Å². The molecular weight excluding hydrogens is 310 g/mol. The van der Waals surface area contributed by atoms with E-state index >= 15 is 0 Å². The molecule has 124 valence electrons. The molecule has 0 unspecified atom stereocenters. The van der Waals surface area contributed by atoms with Crippen LogP contribution in [0.15, 0.2) is 53.6 Å². The Morgan fingerprint density at radius 3 is 2.80 bits per heavy atom. The summed E-state index contributed by atoms with van der Waals surface area (Å²) in [4.78, 5) is 12.2. The summed E-state index contributed by atoms with van der Waals surface area (Å²) in [7, 11) is 0. The highest BCUT2D eigenvalue weighted by Gasteiger charge is 2.11.